The number of fused-ring (bicyclic) bond motifs is 1. The van der Waals surface area contributed by atoms with Crippen LogP contribution in [0, 0.1) is 0 Å². The molecule has 3 aromatic carbocycles. The summed E-state index contributed by atoms with van der Waals surface area (Å²) in [7, 11) is -8.60. The summed E-state index contributed by atoms with van der Waals surface area (Å²) in [6.07, 6.45) is 3.29. The van der Waals surface area contributed by atoms with E-state index in [1.807, 2.05) is 6.07 Å². The summed E-state index contributed by atoms with van der Waals surface area (Å²) in [5.74, 6) is 0.197. The van der Waals surface area contributed by atoms with Gasteiger partial charge in [0, 0.05) is 25.0 Å². The Balaban J connectivity index is 0.000000309. The van der Waals surface area contributed by atoms with Crippen LogP contribution in [0.5, 0.6) is 5.75 Å². The molecule has 0 fully saturated rings. The molecule has 18 heteroatoms. The van der Waals surface area contributed by atoms with Crippen molar-refractivity contribution in [1.82, 2.24) is 20.3 Å². The number of urea groups is 1. The number of H-pyrrole nitrogens is 1. The molecule has 230 valence electrons. The molecule has 0 aliphatic carbocycles. The highest BCUT2D eigenvalue weighted by Gasteiger charge is 2.24. The topological polar surface area (TPSA) is 180 Å². The number of nitrogens with zero attached hydrogens (tertiary/aromatic N) is 2. The Morgan fingerprint density at radius 1 is 0.864 bits per heavy atom. The van der Waals surface area contributed by atoms with Gasteiger partial charge in [-0.1, -0.05) is 64.6 Å². The fraction of sp³-hybridized carbons (Fsp3) is 0.0385. The number of hydrogen-bond acceptors (Lipinski definition) is 8. The van der Waals surface area contributed by atoms with Gasteiger partial charge in [0.05, 0.1) is 31.1 Å². The number of aromatic amines is 1. The molecule has 0 atom stereocenters. The first-order valence-electron chi connectivity index (χ1n) is 12.0. The first kappa shape index (κ1) is 33.3. The number of hydrogen-bond donors (Lipinski definition) is 4. The summed E-state index contributed by atoms with van der Waals surface area (Å²) in [5.41, 5.74) is 1.78. The van der Waals surface area contributed by atoms with Gasteiger partial charge in [0.2, 0.25) is 5.95 Å². The van der Waals surface area contributed by atoms with E-state index >= 15 is 0 Å². The van der Waals surface area contributed by atoms with E-state index in [1.165, 1.54) is 48.5 Å². The second kappa shape index (κ2) is 14.0. The lowest BCUT2D eigenvalue weighted by Gasteiger charge is -2.09. The molecule has 2 heterocycles. The van der Waals surface area contributed by atoms with Crippen molar-refractivity contribution in [1.29, 1.82) is 0 Å². The Morgan fingerprint density at radius 3 is 2.02 bits per heavy atom. The van der Waals surface area contributed by atoms with E-state index in [9.17, 15) is 21.6 Å². The maximum atomic E-state index is 12.6. The molecular formula is C26H19Cl4N5O7S2. The van der Waals surface area contributed by atoms with Crippen molar-refractivity contribution >= 4 is 89.7 Å². The molecule has 44 heavy (non-hydrogen) atoms. The number of carbonyl (C=O) groups is 1. The molecule has 0 aliphatic rings. The second-order valence-electron chi connectivity index (χ2n) is 8.55. The van der Waals surface area contributed by atoms with Crippen LogP contribution in [-0.2, 0) is 26.8 Å². The van der Waals surface area contributed by atoms with Crippen LogP contribution >= 0.6 is 46.4 Å². The Morgan fingerprint density at radius 2 is 1.48 bits per heavy atom. The molecule has 0 spiro atoms. The summed E-state index contributed by atoms with van der Waals surface area (Å²) in [4.78, 5) is 22.5. The number of nitrogens with one attached hydrogen (secondary N) is 3. The Hall–Kier alpha value is -3.63. The first-order chi connectivity index (χ1) is 20.7. The first-order valence-corrected chi connectivity index (χ1v) is 16.3. The van der Waals surface area contributed by atoms with Gasteiger partial charge in [-0.25, -0.2) is 9.78 Å². The van der Waals surface area contributed by atoms with E-state index in [0.29, 0.717) is 17.6 Å². The van der Waals surface area contributed by atoms with Gasteiger partial charge in [-0.05, 0) is 48.0 Å². The third-order valence-electron chi connectivity index (χ3n) is 5.41. The number of anilines is 1. The number of amides is 2. The highest BCUT2D eigenvalue weighted by molar-refractivity contribution is 7.87. The number of imidazole rings is 1. The largest absolute Gasteiger partial charge is 0.379 e. The van der Waals surface area contributed by atoms with E-state index in [2.05, 4.69) is 25.6 Å². The molecule has 2 amide bonds. The van der Waals surface area contributed by atoms with Crippen LogP contribution in [0.2, 0.25) is 20.1 Å². The van der Waals surface area contributed by atoms with Crippen LogP contribution < -0.4 is 14.8 Å². The third kappa shape index (κ3) is 8.51. The van der Waals surface area contributed by atoms with Crippen LogP contribution in [0.15, 0.2) is 88.9 Å². The van der Waals surface area contributed by atoms with Crippen molar-refractivity contribution < 1.29 is 30.4 Å². The number of aromatic nitrogens is 3. The Kier molecular flexibility index (Phi) is 10.6. The van der Waals surface area contributed by atoms with Crippen molar-refractivity contribution in [3.8, 4) is 5.75 Å². The quantitative estimate of drug-likeness (QED) is 0.107. The second-order valence-corrected chi connectivity index (χ2v) is 13.0. The van der Waals surface area contributed by atoms with Gasteiger partial charge < -0.3 is 14.5 Å². The summed E-state index contributed by atoms with van der Waals surface area (Å²) in [5, 5.41) is 4.97. The molecule has 5 aromatic rings. The number of benzene rings is 3. The van der Waals surface area contributed by atoms with Gasteiger partial charge >= 0.3 is 16.1 Å². The van der Waals surface area contributed by atoms with Gasteiger partial charge in [0.1, 0.15) is 15.5 Å². The summed E-state index contributed by atoms with van der Waals surface area (Å²) < 4.78 is 60.4. The number of pyridine rings is 1. The SMILES string of the molecule is O=C(NCc1cccnc1)Nc1nc2ccc(OS(=O)(=O)c3c(Cl)cccc3Cl)cc2[nH]1.O=S(=O)(O)c1c(Cl)cccc1Cl. The van der Waals surface area contributed by atoms with Gasteiger partial charge in [-0.2, -0.15) is 16.8 Å². The van der Waals surface area contributed by atoms with Crippen LogP contribution in [0.25, 0.3) is 11.0 Å². The normalized spacial score (nSPS) is 11.4. The van der Waals surface area contributed by atoms with Gasteiger partial charge in [0.25, 0.3) is 10.1 Å². The summed E-state index contributed by atoms with van der Waals surface area (Å²) >= 11 is 22.9. The summed E-state index contributed by atoms with van der Waals surface area (Å²) in [6.45, 7) is 0.292. The van der Waals surface area contributed by atoms with E-state index in [-0.39, 0.29) is 36.7 Å². The minimum Gasteiger partial charge on any atom is -0.379 e. The van der Waals surface area contributed by atoms with Crippen molar-refractivity contribution in [2.24, 2.45) is 0 Å². The predicted octanol–water partition coefficient (Wildman–Crippen LogP) is 6.59. The molecule has 0 saturated heterocycles. The van der Waals surface area contributed by atoms with Crippen LogP contribution in [-0.4, -0.2) is 42.4 Å². The zero-order valence-electron chi connectivity index (χ0n) is 21.8. The Labute approximate surface area is 271 Å². The lowest BCUT2D eigenvalue weighted by atomic mass is 10.3. The Bertz CT molecular complexity index is 2000. The van der Waals surface area contributed by atoms with E-state index in [0.717, 1.165) is 5.56 Å². The van der Waals surface area contributed by atoms with Gasteiger partial charge in [0.15, 0.2) is 0 Å². The van der Waals surface area contributed by atoms with Crippen LogP contribution in [0.4, 0.5) is 10.7 Å². The minimum absolute atomic E-state index is 0.0183. The molecule has 12 nitrogen and oxygen atoms in total. The molecule has 0 aliphatic heterocycles. The van der Waals surface area contributed by atoms with E-state index < -0.39 is 31.2 Å². The molecule has 5 rings (SSSR count). The average molecular weight is 719 g/mol. The van der Waals surface area contributed by atoms with Gasteiger partial charge in [-0.3, -0.25) is 14.9 Å². The number of carbonyl (C=O) groups excluding carboxylic acids is 1. The highest BCUT2D eigenvalue weighted by Crippen LogP contribution is 2.32. The monoisotopic (exact) mass is 717 g/mol. The maximum Gasteiger partial charge on any atom is 0.342 e. The lowest BCUT2D eigenvalue weighted by molar-refractivity contribution is 0.251. The van der Waals surface area contributed by atoms with E-state index in [1.54, 1.807) is 24.5 Å². The standard InChI is InChI=1S/C20H15Cl2N5O4S.C6H4Cl2O3S/c21-14-4-1-5-15(22)18(14)32(29,30)31-13-6-7-16-17(9-13)26-19(25-16)27-20(28)24-11-12-3-2-8-23-10-12;7-4-2-1-3-5(8)6(4)12(9,10)11/h1-10H,11H2,(H3,24,25,26,27,28);1-3H,(H,9,10,11). The van der Waals surface area contributed by atoms with Crippen molar-refractivity contribution in [2.45, 2.75) is 16.3 Å². The lowest BCUT2D eigenvalue weighted by Crippen LogP contribution is -2.28. The van der Waals surface area contributed by atoms with Gasteiger partial charge in [-0.15, -0.1) is 0 Å². The fourth-order valence-corrected chi connectivity index (χ4v) is 7.19. The zero-order valence-corrected chi connectivity index (χ0v) is 26.5. The molecular weight excluding hydrogens is 700 g/mol. The van der Waals surface area contributed by atoms with Crippen molar-refractivity contribution in [2.75, 3.05) is 5.32 Å². The molecule has 0 unspecified atom stereocenters. The minimum atomic E-state index is -4.33. The summed E-state index contributed by atoms with van der Waals surface area (Å²) in [6, 6.07) is 16.0. The van der Waals surface area contributed by atoms with Crippen molar-refractivity contribution in [3.63, 3.8) is 0 Å². The molecule has 0 radical (unpaired) electrons. The highest BCUT2D eigenvalue weighted by atomic mass is 35.5. The number of halogens is 4. The third-order valence-corrected chi connectivity index (χ3v) is 9.43. The molecule has 0 bridgehead atoms. The molecule has 2 aromatic heterocycles. The smallest absolute Gasteiger partial charge is 0.342 e. The zero-order chi connectivity index (χ0) is 32.1. The van der Waals surface area contributed by atoms with E-state index in [4.69, 9.17) is 55.1 Å². The predicted molar refractivity (Wildman–Crippen MR) is 167 cm³/mol. The maximum absolute atomic E-state index is 12.6. The molecule has 0 saturated carbocycles. The average Bonchev–Trinajstić information content (AvgIpc) is 3.33. The molecule has 4 N–H and O–H groups in total. The fourth-order valence-electron chi connectivity index (χ4n) is 3.56. The van der Waals surface area contributed by atoms with Crippen LogP contribution in [0.1, 0.15) is 5.56 Å². The van der Waals surface area contributed by atoms with Crippen molar-refractivity contribution in [3.05, 3.63) is 105 Å². The number of rotatable bonds is 7. The van der Waals surface area contributed by atoms with Crippen LogP contribution in [0.3, 0.4) is 0 Å².